The fourth-order valence-electron chi connectivity index (χ4n) is 2.39. The van der Waals surface area contributed by atoms with E-state index in [9.17, 15) is 4.79 Å². The molecule has 1 fully saturated rings. The van der Waals surface area contributed by atoms with Crippen molar-refractivity contribution in [2.24, 2.45) is 5.73 Å². The zero-order valence-electron chi connectivity index (χ0n) is 11.7. The summed E-state index contributed by atoms with van der Waals surface area (Å²) in [6.07, 6.45) is 1.02. The molecule has 0 radical (unpaired) electrons. The van der Waals surface area contributed by atoms with Crippen molar-refractivity contribution >= 4 is 18.3 Å². The number of carbonyl (C=O) groups excluding carboxylic acids is 1. The molecule has 2 atom stereocenters. The lowest BCUT2D eigenvalue weighted by Crippen LogP contribution is -2.22. The third kappa shape index (κ3) is 3.84. The molecule has 0 spiro atoms. The van der Waals surface area contributed by atoms with Crippen LogP contribution in [0.5, 0.6) is 0 Å². The van der Waals surface area contributed by atoms with Gasteiger partial charge in [0.1, 0.15) is 0 Å². The van der Waals surface area contributed by atoms with Crippen LogP contribution in [-0.4, -0.2) is 11.9 Å². The molecule has 0 unspecified atom stereocenters. The number of benzene rings is 2. The largest absolute Gasteiger partial charge is 0.348 e. The van der Waals surface area contributed by atoms with Crippen LogP contribution in [0, 0.1) is 0 Å². The van der Waals surface area contributed by atoms with Gasteiger partial charge in [-0.05, 0) is 29.7 Å². The molecule has 2 aromatic rings. The van der Waals surface area contributed by atoms with E-state index in [4.69, 9.17) is 5.73 Å². The molecule has 4 heteroatoms. The molecule has 21 heavy (non-hydrogen) atoms. The van der Waals surface area contributed by atoms with E-state index in [2.05, 4.69) is 5.32 Å². The van der Waals surface area contributed by atoms with Gasteiger partial charge in [-0.25, -0.2) is 0 Å². The number of amides is 1. The van der Waals surface area contributed by atoms with Crippen LogP contribution in [0.15, 0.2) is 54.6 Å². The molecule has 110 valence electrons. The van der Waals surface area contributed by atoms with Crippen molar-refractivity contribution in [2.45, 2.75) is 24.9 Å². The normalized spacial score (nSPS) is 19.5. The minimum Gasteiger partial charge on any atom is -0.348 e. The van der Waals surface area contributed by atoms with Crippen LogP contribution in [0.2, 0.25) is 0 Å². The first kappa shape index (κ1) is 15.5. The second kappa shape index (κ2) is 6.74. The first-order valence-corrected chi connectivity index (χ1v) is 6.92. The van der Waals surface area contributed by atoms with E-state index in [0.717, 1.165) is 12.0 Å². The van der Waals surface area contributed by atoms with Crippen molar-refractivity contribution in [3.63, 3.8) is 0 Å². The van der Waals surface area contributed by atoms with E-state index in [1.54, 1.807) is 0 Å². The maximum Gasteiger partial charge on any atom is 0.251 e. The molecular weight excluding hydrogens is 284 g/mol. The van der Waals surface area contributed by atoms with Gasteiger partial charge >= 0.3 is 0 Å². The first-order chi connectivity index (χ1) is 9.74. The summed E-state index contributed by atoms with van der Waals surface area (Å²) in [6, 6.07) is 17.9. The minimum atomic E-state index is -0.0371. The van der Waals surface area contributed by atoms with Crippen molar-refractivity contribution in [1.29, 1.82) is 0 Å². The van der Waals surface area contributed by atoms with Crippen LogP contribution >= 0.6 is 12.4 Å². The summed E-state index contributed by atoms with van der Waals surface area (Å²) in [4.78, 5) is 12.2. The number of nitrogens with one attached hydrogen (secondary N) is 1. The molecule has 0 aromatic heterocycles. The Balaban J connectivity index is 0.00000161. The van der Waals surface area contributed by atoms with Crippen LogP contribution in [0.25, 0.3) is 0 Å². The van der Waals surface area contributed by atoms with Crippen LogP contribution in [0.3, 0.4) is 0 Å². The molecule has 1 saturated carbocycles. The van der Waals surface area contributed by atoms with Gasteiger partial charge in [0.2, 0.25) is 0 Å². The summed E-state index contributed by atoms with van der Waals surface area (Å²) in [5.74, 6) is 0.391. The molecule has 0 heterocycles. The van der Waals surface area contributed by atoms with Crippen molar-refractivity contribution in [3.05, 3.63) is 71.3 Å². The smallest absolute Gasteiger partial charge is 0.251 e. The summed E-state index contributed by atoms with van der Waals surface area (Å²) in [6.45, 7) is 0.548. The Morgan fingerprint density at radius 1 is 1.14 bits per heavy atom. The quantitative estimate of drug-likeness (QED) is 0.912. The van der Waals surface area contributed by atoms with E-state index in [0.29, 0.717) is 18.0 Å². The van der Waals surface area contributed by atoms with E-state index in [1.807, 2.05) is 54.6 Å². The minimum absolute atomic E-state index is 0. The van der Waals surface area contributed by atoms with E-state index in [-0.39, 0.29) is 24.4 Å². The zero-order chi connectivity index (χ0) is 13.9. The summed E-state index contributed by atoms with van der Waals surface area (Å²) in [7, 11) is 0. The van der Waals surface area contributed by atoms with Crippen LogP contribution in [-0.2, 0) is 6.54 Å². The summed E-state index contributed by atoms with van der Waals surface area (Å²) < 4.78 is 0. The highest BCUT2D eigenvalue weighted by Gasteiger charge is 2.34. The Morgan fingerprint density at radius 3 is 2.52 bits per heavy atom. The van der Waals surface area contributed by atoms with E-state index in [1.165, 1.54) is 5.56 Å². The lowest BCUT2D eigenvalue weighted by atomic mass is 10.1. The fourth-order valence-corrected chi connectivity index (χ4v) is 2.39. The zero-order valence-corrected chi connectivity index (χ0v) is 12.5. The molecule has 2 aromatic carbocycles. The van der Waals surface area contributed by atoms with Crippen molar-refractivity contribution in [3.8, 4) is 0 Å². The first-order valence-electron chi connectivity index (χ1n) is 6.92. The maximum absolute atomic E-state index is 12.2. The molecule has 0 aliphatic heterocycles. The Labute approximate surface area is 131 Å². The maximum atomic E-state index is 12.2. The number of nitrogens with two attached hydrogens (primary N) is 1. The highest BCUT2D eigenvalue weighted by atomic mass is 35.5. The van der Waals surface area contributed by atoms with E-state index < -0.39 is 0 Å². The van der Waals surface area contributed by atoms with Gasteiger partial charge in [-0.3, -0.25) is 4.79 Å². The third-order valence-corrected chi connectivity index (χ3v) is 3.71. The van der Waals surface area contributed by atoms with Gasteiger partial charge < -0.3 is 11.1 Å². The number of rotatable bonds is 4. The average molecular weight is 303 g/mol. The van der Waals surface area contributed by atoms with Gasteiger partial charge in [0, 0.05) is 24.1 Å². The number of halogens is 1. The predicted molar refractivity (Wildman–Crippen MR) is 86.6 cm³/mol. The third-order valence-electron chi connectivity index (χ3n) is 3.71. The number of hydrogen-bond acceptors (Lipinski definition) is 2. The summed E-state index contributed by atoms with van der Waals surface area (Å²) in [5.41, 5.74) is 8.83. The predicted octanol–water partition coefficient (Wildman–Crippen LogP) is 2.85. The monoisotopic (exact) mass is 302 g/mol. The fraction of sp³-hybridized carbons (Fsp3) is 0.235. The summed E-state index contributed by atoms with van der Waals surface area (Å²) in [5, 5.41) is 2.94. The van der Waals surface area contributed by atoms with Gasteiger partial charge in [-0.1, -0.05) is 42.5 Å². The lowest BCUT2D eigenvalue weighted by Gasteiger charge is -2.07. The molecule has 0 saturated heterocycles. The molecule has 0 bridgehead atoms. The second-order valence-electron chi connectivity index (χ2n) is 5.30. The Kier molecular flexibility index (Phi) is 4.99. The molecule has 1 aliphatic carbocycles. The summed E-state index contributed by atoms with van der Waals surface area (Å²) >= 11 is 0. The molecule has 3 nitrogen and oxygen atoms in total. The SMILES string of the molecule is Cl.N[C@@H]1C[C@H]1c1cccc(C(=O)NCc2ccccc2)c1. The van der Waals surface area contributed by atoms with E-state index >= 15 is 0 Å². The molecule has 3 N–H and O–H groups in total. The average Bonchev–Trinajstić information content (AvgIpc) is 3.23. The highest BCUT2D eigenvalue weighted by Crippen LogP contribution is 2.39. The van der Waals surface area contributed by atoms with Crippen molar-refractivity contribution < 1.29 is 4.79 Å². The van der Waals surface area contributed by atoms with Gasteiger partial charge in [-0.2, -0.15) is 0 Å². The van der Waals surface area contributed by atoms with Gasteiger partial charge in [0.15, 0.2) is 0 Å². The molecular formula is C17H19ClN2O. The Bertz CT molecular complexity index is 615. The Hall–Kier alpha value is -1.84. The molecule has 3 rings (SSSR count). The topological polar surface area (TPSA) is 55.1 Å². The highest BCUT2D eigenvalue weighted by molar-refractivity contribution is 5.94. The number of hydrogen-bond donors (Lipinski definition) is 2. The van der Waals surface area contributed by atoms with Crippen LogP contribution < -0.4 is 11.1 Å². The molecule has 1 amide bonds. The number of carbonyl (C=O) groups is 1. The standard InChI is InChI=1S/C17H18N2O.ClH/c18-16-10-15(16)13-7-4-8-14(9-13)17(20)19-11-12-5-2-1-3-6-12;/h1-9,15-16H,10-11,18H2,(H,19,20);1H/t15-,16+;/m0./s1. The van der Waals surface area contributed by atoms with Gasteiger partial charge in [0.25, 0.3) is 5.91 Å². The van der Waals surface area contributed by atoms with Crippen molar-refractivity contribution in [1.82, 2.24) is 5.32 Å². The molecule has 1 aliphatic rings. The lowest BCUT2D eigenvalue weighted by molar-refractivity contribution is 0.0951. The van der Waals surface area contributed by atoms with Gasteiger partial charge in [0.05, 0.1) is 0 Å². The Morgan fingerprint density at radius 2 is 1.86 bits per heavy atom. The van der Waals surface area contributed by atoms with Crippen LogP contribution in [0.1, 0.15) is 33.8 Å². The second-order valence-corrected chi connectivity index (χ2v) is 5.30. The van der Waals surface area contributed by atoms with Crippen molar-refractivity contribution in [2.75, 3.05) is 0 Å². The van der Waals surface area contributed by atoms with Crippen LogP contribution in [0.4, 0.5) is 0 Å². The van der Waals surface area contributed by atoms with Gasteiger partial charge in [-0.15, -0.1) is 12.4 Å².